The number of hydrogen-bond donors (Lipinski definition) is 3. The molecule has 3 unspecified atom stereocenters. The van der Waals surface area contributed by atoms with Crippen LogP contribution in [0, 0.1) is 0 Å². The highest BCUT2D eigenvalue weighted by Gasteiger charge is 2.36. The minimum atomic E-state index is -0.0598. The van der Waals surface area contributed by atoms with Crippen LogP contribution in [0.5, 0.6) is 17.2 Å². The summed E-state index contributed by atoms with van der Waals surface area (Å²) in [5, 5.41) is 10.7. The van der Waals surface area contributed by atoms with Crippen molar-refractivity contribution < 1.29 is 14.6 Å². The molecule has 3 aromatic rings. The zero-order chi connectivity index (χ0) is 21.6. The second-order valence-electron chi connectivity index (χ2n) is 7.70. The van der Waals surface area contributed by atoms with Crippen LogP contribution in [0.2, 0.25) is 0 Å². The molecule has 5 heteroatoms. The van der Waals surface area contributed by atoms with Gasteiger partial charge in [0.1, 0.15) is 23.9 Å². The summed E-state index contributed by atoms with van der Waals surface area (Å²) in [6.45, 7) is 2.57. The maximum atomic E-state index is 10.7. The van der Waals surface area contributed by atoms with Crippen LogP contribution in [0.15, 0.2) is 78.9 Å². The monoisotopic (exact) mass is 416 g/mol. The van der Waals surface area contributed by atoms with E-state index in [-0.39, 0.29) is 23.8 Å². The van der Waals surface area contributed by atoms with Gasteiger partial charge >= 0.3 is 0 Å². The molecule has 0 bridgehead atoms. The number of nitrogens with one attached hydrogen (secondary N) is 2. The number of phenolic OH excluding ortho intramolecular Hbond substituents is 1. The van der Waals surface area contributed by atoms with Gasteiger partial charge in [0.15, 0.2) is 0 Å². The van der Waals surface area contributed by atoms with Crippen LogP contribution in [-0.4, -0.2) is 24.9 Å². The van der Waals surface area contributed by atoms with Gasteiger partial charge in [-0.3, -0.25) is 5.43 Å². The molecule has 0 amide bonds. The molecule has 1 aliphatic rings. The SMILES string of the molecule is COc1ccc(C2C(C)NNC2c2ccc(OC/C=C/c3ccccc3)cc2O)cc1. The predicted molar refractivity (Wildman–Crippen MR) is 123 cm³/mol. The van der Waals surface area contributed by atoms with Crippen LogP contribution in [0.3, 0.4) is 0 Å². The highest BCUT2D eigenvalue weighted by Crippen LogP contribution is 2.41. The molecular weight excluding hydrogens is 388 g/mol. The lowest BCUT2D eigenvalue weighted by Crippen LogP contribution is -2.29. The Morgan fingerprint density at radius 1 is 0.935 bits per heavy atom. The summed E-state index contributed by atoms with van der Waals surface area (Å²) < 4.78 is 11.1. The Hall–Kier alpha value is -3.28. The number of ether oxygens (including phenoxy) is 2. The van der Waals surface area contributed by atoms with Crippen molar-refractivity contribution in [2.24, 2.45) is 0 Å². The van der Waals surface area contributed by atoms with Crippen LogP contribution < -0.4 is 20.3 Å². The predicted octanol–water partition coefficient (Wildman–Crippen LogP) is 4.81. The van der Waals surface area contributed by atoms with Crippen LogP contribution in [0.4, 0.5) is 0 Å². The van der Waals surface area contributed by atoms with Gasteiger partial charge in [0.2, 0.25) is 0 Å². The molecule has 3 N–H and O–H groups in total. The molecule has 4 rings (SSSR count). The molecule has 0 spiro atoms. The summed E-state index contributed by atoms with van der Waals surface area (Å²) in [5.74, 6) is 1.85. The molecule has 160 valence electrons. The fourth-order valence-corrected chi connectivity index (χ4v) is 4.04. The van der Waals surface area contributed by atoms with Gasteiger partial charge in [-0.2, -0.15) is 0 Å². The Morgan fingerprint density at radius 2 is 1.68 bits per heavy atom. The molecule has 3 aromatic carbocycles. The number of rotatable bonds is 7. The summed E-state index contributed by atoms with van der Waals surface area (Å²) in [5.41, 5.74) is 9.80. The first kappa shape index (κ1) is 21.0. The minimum Gasteiger partial charge on any atom is -0.507 e. The Bertz CT molecular complexity index is 1020. The van der Waals surface area contributed by atoms with E-state index in [0.29, 0.717) is 12.4 Å². The second kappa shape index (κ2) is 9.69. The van der Waals surface area contributed by atoms with Gasteiger partial charge in [0.05, 0.1) is 13.2 Å². The molecule has 0 aliphatic carbocycles. The van der Waals surface area contributed by atoms with E-state index in [2.05, 4.69) is 29.9 Å². The van der Waals surface area contributed by atoms with E-state index < -0.39 is 0 Å². The quantitative estimate of drug-likeness (QED) is 0.516. The van der Waals surface area contributed by atoms with Gasteiger partial charge in [-0.1, -0.05) is 54.6 Å². The van der Waals surface area contributed by atoms with Crippen molar-refractivity contribution in [3.05, 3.63) is 95.6 Å². The number of aromatic hydroxyl groups is 1. The van der Waals surface area contributed by atoms with E-state index in [1.165, 1.54) is 5.56 Å². The lowest BCUT2D eigenvalue weighted by molar-refractivity contribution is 0.358. The third kappa shape index (κ3) is 4.90. The van der Waals surface area contributed by atoms with Crippen LogP contribution >= 0.6 is 0 Å². The molecule has 5 nitrogen and oxygen atoms in total. The minimum absolute atomic E-state index is 0.0598. The zero-order valence-electron chi connectivity index (χ0n) is 17.8. The van der Waals surface area contributed by atoms with Crippen LogP contribution in [0.25, 0.3) is 6.08 Å². The third-order valence-corrected chi connectivity index (χ3v) is 5.66. The summed E-state index contributed by atoms with van der Waals surface area (Å²) in [6.07, 6.45) is 3.98. The Kier molecular flexibility index (Phi) is 6.55. The van der Waals surface area contributed by atoms with Gasteiger partial charge < -0.3 is 14.6 Å². The number of phenols is 1. The van der Waals surface area contributed by atoms with Crippen molar-refractivity contribution >= 4 is 6.08 Å². The average molecular weight is 417 g/mol. The first-order valence-corrected chi connectivity index (χ1v) is 10.5. The number of hydrazine groups is 1. The van der Waals surface area contributed by atoms with Gasteiger partial charge in [-0.15, -0.1) is 0 Å². The highest BCUT2D eigenvalue weighted by atomic mass is 16.5. The summed E-state index contributed by atoms with van der Waals surface area (Å²) in [6, 6.07) is 23.8. The first-order chi connectivity index (χ1) is 15.2. The molecule has 1 saturated heterocycles. The van der Waals surface area contributed by atoms with E-state index in [9.17, 15) is 5.11 Å². The number of hydrogen-bond acceptors (Lipinski definition) is 5. The molecule has 31 heavy (non-hydrogen) atoms. The number of methoxy groups -OCH3 is 1. The molecule has 3 atom stereocenters. The van der Waals surface area contributed by atoms with E-state index >= 15 is 0 Å². The van der Waals surface area contributed by atoms with E-state index in [0.717, 1.165) is 16.9 Å². The molecule has 0 saturated carbocycles. The fourth-order valence-electron chi connectivity index (χ4n) is 4.04. The van der Waals surface area contributed by atoms with Crippen molar-refractivity contribution in [1.82, 2.24) is 10.9 Å². The Labute approximate surface area is 183 Å². The fraction of sp³-hybridized carbons (Fsp3) is 0.231. The van der Waals surface area contributed by atoms with Crippen molar-refractivity contribution in [2.45, 2.75) is 24.9 Å². The van der Waals surface area contributed by atoms with Crippen LogP contribution in [0.1, 0.15) is 35.6 Å². The molecule has 0 aromatic heterocycles. The summed E-state index contributed by atoms with van der Waals surface area (Å²) in [4.78, 5) is 0. The molecule has 1 heterocycles. The summed E-state index contributed by atoms with van der Waals surface area (Å²) >= 11 is 0. The number of benzene rings is 3. The third-order valence-electron chi connectivity index (χ3n) is 5.66. The van der Waals surface area contributed by atoms with Gasteiger partial charge in [0, 0.05) is 23.6 Å². The van der Waals surface area contributed by atoms with E-state index in [1.54, 1.807) is 13.2 Å². The first-order valence-electron chi connectivity index (χ1n) is 10.5. The van der Waals surface area contributed by atoms with Crippen molar-refractivity contribution in [2.75, 3.05) is 13.7 Å². The standard InChI is InChI=1S/C26H28N2O3/c1-18-25(20-10-12-21(30-2)13-11-20)26(28-27-18)23-15-14-22(17-24(23)29)31-16-6-9-19-7-4-3-5-8-19/h3-15,17-18,25-29H,16H2,1-2H3/b9-6+. The maximum absolute atomic E-state index is 10.7. The van der Waals surface area contributed by atoms with Gasteiger partial charge in [0.25, 0.3) is 0 Å². The van der Waals surface area contributed by atoms with E-state index in [1.807, 2.05) is 66.7 Å². The van der Waals surface area contributed by atoms with Crippen molar-refractivity contribution in [3.63, 3.8) is 0 Å². The van der Waals surface area contributed by atoms with Crippen LogP contribution in [-0.2, 0) is 0 Å². The zero-order valence-corrected chi connectivity index (χ0v) is 17.8. The molecule has 1 fully saturated rings. The second-order valence-corrected chi connectivity index (χ2v) is 7.70. The van der Waals surface area contributed by atoms with Gasteiger partial charge in [-0.05, 0) is 42.3 Å². The molecular formula is C26H28N2O3. The lowest BCUT2D eigenvalue weighted by atomic mass is 9.84. The van der Waals surface area contributed by atoms with E-state index in [4.69, 9.17) is 9.47 Å². The summed E-state index contributed by atoms with van der Waals surface area (Å²) in [7, 11) is 1.66. The Morgan fingerprint density at radius 3 is 2.39 bits per heavy atom. The highest BCUT2D eigenvalue weighted by molar-refractivity contribution is 5.49. The average Bonchev–Trinajstić information content (AvgIpc) is 3.18. The topological polar surface area (TPSA) is 62.8 Å². The largest absolute Gasteiger partial charge is 0.507 e. The van der Waals surface area contributed by atoms with Gasteiger partial charge in [-0.25, -0.2) is 5.43 Å². The lowest BCUT2D eigenvalue weighted by Gasteiger charge is -2.23. The molecule has 0 radical (unpaired) electrons. The van der Waals surface area contributed by atoms with Crippen molar-refractivity contribution in [1.29, 1.82) is 0 Å². The molecule has 1 aliphatic heterocycles. The Balaban J connectivity index is 1.45. The maximum Gasteiger partial charge on any atom is 0.124 e. The normalized spacial score (nSPS) is 20.8. The smallest absolute Gasteiger partial charge is 0.124 e. The van der Waals surface area contributed by atoms with Crippen molar-refractivity contribution in [3.8, 4) is 17.2 Å².